The molecular formula is C3H14F5O4P. The molecule has 90 valence electrons. The van der Waals surface area contributed by atoms with Gasteiger partial charge in [0.25, 0.3) is 0 Å². The van der Waals surface area contributed by atoms with E-state index < -0.39 is 7.82 Å². The van der Waals surface area contributed by atoms with Crippen LogP contribution in [0.15, 0.2) is 0 Å². The Balaban J connectivity index is -0.0000000245. The Morgan fingerprint density at radius 2 is 0.846 bits per heavy atom. The van der Waals surface area contributed by atoms with Crippen molar-refractivity contribution in [3.8, 4) is 0 Å². The second-order valence-corrected chi connectivity index (χ2v) is 2.98. The van der Waals surface area contributed by atoms with Crippen LogP contribution in [0.25, 0.3) is 0 Å². The Kier molecular flexibility index (Phi) is 52.7. The van der Waals surface area contributed by atoms with E-state index in [1.54, 1.807) is 0 Å². The number of phosphoric acid groups is 1. The Morgan fingerprint density at radius 1 is 0.692 bits per heavy atom. The summed E-state index contributed by atoms with van der Waals surface area (Å²) >= 11 is 0. The Labute approximate surface area is 72.0 Å². The molecule has 0 aromatic rings. The van der Waals surface area contributed by atoms with Gasteiger partial charge in [-0.3, -0.25) is 37.1 Å². The van der Waals surface area contributed by atoms with Gasteiger partial charge in [0, 0.05) is 21.3 Å². The molecule has 0 atom stereocenters. The molecule has 0 spiro atoms. The summed E-state index contributed by atoms with van der Waals surface area (Å²) in [5.41, 5.74) is 0. The zero-order chi connectivity index (χ0) is 6.62. The van der Waals surface area contributed by atoms with Gasteiger partial charge in [-0.2, -0.15) is 0 Å². The van der Waals surface area contributed by atoms with Gasteiger partial charge in [-0.25, -0.2) is 4.57 Å². The van der Waals surface area contributed by atoms with Crippen molar-refractivity contribution in [2.75, 3.05) is 21.3 Å². The maximum atomic E-state index is 10.7. The fourth-order valence-electron chi connectivity index (χ4n) is 0.224. The molecule has 0 aromatic carbocycles. The Hall–Kier alpha value is -0.240. The number of hydrogen-bond donors (Lipinski definition) is 0. The lowest BCUT2D eigenvalue weighted by Crippen LogP contribution is -1.88. The zero-order valence-electron chi connectivity index (χ0n) is 7.12. The molecule has 0 heterocycles. The van der Waals surface area contributed by atoms with E-state index in [0.717, 1.165) is 0 Å². The van der Waals surface area contributed by atoms with Crippen LogP contribution in [0.4, 0.5) is 23.5 Å². The predicted octanol–water partition coefficient (Wildman–Crippen LogP) is 1.80. The predicted molar refractivity (Wildman–Crippen MR) is 41.1 cm³/mol. The van der Waals surface area contributed by atoms with E-state index in [0.29, 0.717) is 0 Å². The highest BCUT2D eigenvalue weighted by molar-refractivity contribution is 7.48. The molecular weight excluding hydrogens is 226 g/mol. The van der Waals surface area contributed by atoms with Crippen LogP contribution >= 0.6 is 7.82 Å². The lowest BCUT2D eigenvalue weighted by molar-refractivity contribution is 0.178. The van der Waals surface area contributed by atoms with Gasteiger partial charge in [-0.05, 0) is 0 Å². The summed E-state index contributed by atoms with van der Waals surface area (Å²) in [6, 6.07) is 0. The topological polar surface area (TPSA) is 44.8 Å². The van der Waals surface area contributed by atoms with Crippen LogP contribution in [0.3, 0.4) is 0 Å². The van der Waals surface area contributed by atoms with Crippen LogP contribution < -0.4 is 0 Å². The summed E-state index contributed by atoms with van der Waals surface area (Å²) in [5, 5.41) is 0. The first kappa shape index (κ1) is 38.6. The van der Waals surface area contributed by atoms with Crippen LogP contribution in [0.1, 0.15) is 0 Å². The molecule has 0 N–H and O–H groups in total. The summed E-state index contributed by atoms with van der Waals surface area (Å²) in [6.07, 6.45) is 0. The first-order valence-electron chi connectivity index (χ1n) is 1.96. The van der Waals surface area contributed by atoms with Crippen molar-refractivity contribution in [2.45, 2.75) is 0 Å². The van der Waals surface area contributed by atoms with Gasteiger partial charge >= 0.3 is 7.82 Å². The minimum Gasteiger partial charge on any atom is -0.290 e. The minimum absolute atomic E-state index is 0. The molecule has 0 amide bonds. The third-order valence-electron chi connectivity index (χ3n) is 0.671. The van der Waals surface area contributed by atoms with Gasteiger partial charge in [0.2, 0.25) is 0 Å². The molecule has 0 aromatic heterocycles. The lowest BCUT2D eigenvalue weighted by atomic mass is 11.8. The molecule has 0 aliphatic carbocycles. The van der Waals surface area contributed by atoms with Gasteiger partial charge in [0.15, 0.2) is 0 Å². The van der Waals surface area contributed by atoms with E-state index in [1.807, 2.05) is 0 Å². The molecule has 4 nitrogen and oxygen atoms in total. The van der Waals surface area contributed by atoms with Crippen molar-refractivity contribution in [3.63, 3.8) is 0 Å². The molecule has 0 rings (SSSR count). The fourth-order valence-corrected chi connectivity index (χ4v) is 0.671. The fraction of sp³-hybridized carbons (Fsp3) is 1.00. The number of rotatable bonds is 3. The van der Waals surface area contributed by atoms with E-state index >= 15 is 0 Å². The summed E-state index contributed by atoms with van der Waals surface area (Å²) in [5.74, 6) is 0. The van der Waals surface area contributed by atoms with Crippen molar-refractivity contribution in [3.05, 3.63) is 0 Å². The average molecular weight is 240 g/mol. The maximum Gasteiger partial charge on any atom is 0.473 e. The van der Waals surface area contributed by atoms with E-state index in [1.165, 1.54) is 21.3 Å². The summed E-state index contributed by atoms with van der Waals surface area (Å²) < 4.78 is 23.7. The zero-order valence-corrected chi connectivity index (χ0v) is 8.02. The van der Waals surface area contributed by atoms with Crippen LogP contribution in [0.5, 0.6) is 0 Å². The highest BCUT2D eigenvalue weighted by Gasteiger charge is 2.18. The number of hydrogen-bond acceptors (Lipinski definition) is 4. The van der Waals surface area contributed by atoms with Crippen molar-refractivity contribution < 1.29 is 41.7 Å². The standard InChI is InChI=1S/C3H9O4P.5FH/c1-5-8(4,6-2)7-3;;;;;/h1-3H3;5*1H. The van der Waals surface area contributed by atoms with Gasteiger partial charge < -0.3 is 0 Å². The minimum atomic E-state index is -3.16. The third-order valence-corrected chi connectivity index (χ3v) is 2.01. The van der Waals surface area contributed by atoms with E-state index in [4.69, 9.17) is 0 Å². The molecule has 0 aliphatic heterocycles. The molecule has 0 saturated carbocycles. The molecule has 0 unspecified atom stereocenters. The van der Waals surface area contributed by atoms with E-state index in [-0.39, 0.29) is 23.5 Å². The SMILES string of the molecule is COP(=O)(OC)OC.F.F.F.F.F. The normalized spacial score (nSPS) is 7.31. The largest absolute Gasteiger partial charge is 0.473 e. The Morgan fingerprint density at radius 3 is 0.846 bits per heavy atom. The highest BCUT2D eigenvalue weighted by atomic mass is 31.2. The first-order valence-corrected chi connectivity index (χ1v) is 3.42. The van der Waals surface area contributed by atoms with Crippen LogP contribution in [0.2, 0.25) is 0 Å². The second-order valence-electron chi connectivity index (χ2n) is 0.995. The quantitative estimate of drug-likeness (QED) is 0.557. The summed E-state index contributed by atoms with van der Waals surface area (Å²) in [4.78, 5) is 0. The molecule has 10 heteroatoms. The molecule has 13 heavy (non-hydrogen) atoms. The highest BCUT2D eigenvalue weighted by Crippen LogP contribution is 2.46. The van der Waals surface area contributed by atoms with E-state index in [9.17, 15) is 4.57 Å². The van der Waals surface area contributed by atoms with Crippen molar-refractivity contribution >= 4 is 7.82 Å². The summed E-state index contributed by atoms with van der Waals surface area (Å²) in [6.45, 7) is 0. The van der Waals surface area contributed by atoms with Crippen molar-refractivity contribution in [1.82, 2.24) is 0 Å². The average Bonchev–Trinajstić information content (AvgIpc) is 1.87. The van der Waals surface area contributed by atoms with Crippen LogP contribution in [-0.2, 0) is 18.1 Å². The van der Waals surface area contributed by atoms with Crippen LogP contribution in [-0.4, -0.2) is 21.3 Å². The Bertz CT molecular complexity index is 94.9. The lowest BCUT2D eigenvalue weighted by Gasteiger charge is -2.08. The monoisotopic (exact) mass is 240 g/mol. The molecule has 0 fully saturated rings. The number of halogens is 5. The first-order chi connectivity index (χ1) is 3.68. The molecule has 0 radical (unpaired) electrons. The van der Waals surface area contributed by atoms with E-state index in [2.05, 4.69) is 13.6 Å². The number of phosphoric ester groups is 1. The molecule has 0 aliphatic rings. The maximum absolute atomic E-state index is 10.7. The van der Waals surface area contributed by atoms with Gasteiger partial charge in [0.1, 0.15) is 0 Å². The van der Waals surface area contributed by atoms with Gasteiger partial charge in [0.05, 0.1) is 0 Å². The molecule has 0 bridgehead atoms. The van der Waals surface area contributed by atoms with Gasteiger partial charge in [-0.15, -0.1) is 0 Å². The smallest absolute Gasteiger partial charge is 0.290 e. The van der Waals surface area contributed by atoms with Crippen molar-refractivity contribution in [1.29, 1.82) is 0 Å². The third kappa shape index (κ3) is 14.6. The van der Waals surface area contributed by atoms with Gasteiger partial charge in [-0.1, -0.05) is 0 Å². The van der Waals surface area contributed by atoms with Crippen LogP contribution in [0, 0.1) is 0 Å². The summed E-state index contributed by atoms with van der Waals surface area (Å²) in [7, 11) is 0.611. The van der Waals surface area contributed by atoms with Crippen molar-refractivity contribution in [2.24, 2.45) is 0 Å². The molecule has 0 saturated heterocycles. The second kappa shape index (κ2) is 17.7.